The first-order valence-corrected chi connectivity index (χ1v) is 9.62. The molecule has 1 aliphatic heterocycles. The van der Waals surface area contributed by atoms with E-state index in [9.17, 15) is 4.79 Å². The van der Waals surface area contributed by atoms with Gasteiger partial charge in [0.25, 0.3) is 0 Å². The van der Waals surface area contributed by atoms with Crippen LogP contribution >= 0.6 is 15.9 Å². The van der Waals surface area contributed by atoms with Gasteiger partial charge in [0.15, 0.2) is 0 Å². The molecular weight excluding hydrogens is 352 g/mol. The SMILES string of the molecule is CC(C)C(=O)N1CCC(NC2CC(c3ccc(Br)cc3)C2)CC1. The van der Waals surface area contributed by atoms with Gasteiger partial charge in [0.1, 0.15) is 0 Å². The summed E-state index contributed by atoms with van der Waals surface area (Å²) in [7, 11) is 0. The first-order chi connectivity index (χ1) is 11.0. The summed E-state index contributed by atoms with van der Waals surface area (Å²) >= 11 is 3.50. The highest BCUT2D eigenvalue weighted by molar-refractivity contribution is 9.10. The summed E-state index contributed by atoms with van der Waals surface area (Å²) in [4.78, 5) is 14.1. The normalized spacial score (nSPS) is 25.5. The number of carbonyl (C=O) groups is 1. The Morgan fingerprint density at radius 3 is 2.30 bits per heavy atom. The van der Waals surface area contributed by atoms with E-state index in [0.29, 0.717) is 23.9 Å². The van der Waals surface area contributed by atoms with Crippen molar-refractivity contribution in [3.05, 3.63) is 34.3 Å². The van der Waals surface area contributed by atoms with Gasteiger partial charge in [0, 0.05) is 35.6 Å². The molecule has 0 spiro atoms. The third-order valence-corrected chi connectivity index (χ3v) is 5.78. The van der Waals surface area contributed by atoms with E-state index in [1.165, 1.54) is 18.4 Å². The van der Waals surface area contributed by atoms with Crippen LogP contribution in [0.25, 0.3) is 0 Å². The van der Waals surface area contributed by atoms with Crippen molar-refractivity contribution in [2.45, 2.75) is 57.5 Å². The summed E-state index contributed by atoms with van der Waals surface area (Å²) in [6.07, 6.45) is 4.68. The van der Waals surface area contributed by atoms with E-state index in [1.54, 1.807) is 0 Å². The van der Waals surface area contributed by atoms with Crippen molar-refractivity contribution < 1.29 is 4.79 Å². The molecule has 0 bridgehead atoms. The van der Waals surface area contributed by atoms with Gasteiger partial charge in [-0.3, -0.25) is 4.79 Å². The lowest BCUT2D eigenvalue weighted by atomic mass is 9.75. The largest absolute Gasteiger partial charge is 0.342 e. The number of carbonyl (C=O) groups excluding carboxylic acids is 1. The van der Waals surface area contributed by atoms with Gasteiger partial charge in [0.05, 0.1) is 0 Å². The molecule has 0 atom stereocenters. The van der Waals surface area contributed by atoms with Gasteiger partial charge in [-0.15, -0.1) is 0 Å². The second kappa shape index (κ2) is 7.35. The fourth-order valence-electron chi connectivity index (χ4n) is 3.73. The van der Waals surface area contributed by atoms with Crippen LogP contribution in [0.3, 0.4) is 0 Å². The molecule has 3 nitrogen and oxygen atoms in total. The van der Waals surface area contributed by atoms with E-state index in [0.717, 1.165) is 30.4 Å². The highest BCUT2D eigenvalue weighted by Crippen LogP contribution is 2.37. The number of nitrogens with zero attached hydrogens (tertiary/aromatic N) is 1. The number of rotatable bonds is 4. The number of benzene rings is 1. The first kappa shape index (κ1) is 17.0. The summed E-state index contributed by atoms with van der Waals surface area (Å²) in [5, 5.41) is 3.81. The van der Waals surface area contributed by atoms with Gasteiger partial charge in [-0.05, 0) is 49.3 Å². The maximum atomic E-state index is 12.0. The molecule has 1 saturated carbocycles. The molecule has 3 rings (SSSR count). The Labute approximate surface area is 148 Å². The molecule has 1 N–H and O–H groups in total. The smallest absolute Gasteiger partial charge is 0.225 e. The van der Waals surface area contributed by atoms with Crippen LogP contribution in [0.15, 0.2) is 28.7 Å². The van der Waals surface area contributed by atoms with E-state index in [1.807, 2.05) is 18.7 Å². The molecule has 0 unspecified atom stereocenters. The minimum Gasteiger partial charge on any atom is -0.342 e. The molecule has 1 aromatic carbocycles. The maximum absolute atomic E-state index is 12.0. The number of hydrogen-bond donors (Lipinski definition) is 1. The second-order valence-electron chi connectivity index (χ2n) is 7.34. The van der Waals surface area contributed by atoms with Gasteiger partial charge in [-0.2, -0.15) is 0 Å². The topological polar surface area (TPSA) is 32.3 Å². The predicted molar refractivity (Wildman–Crippen MR) is 97.5 cm³/mol. The minimum absolute atomic E-state index is 0.123. The Morgan fingerprint density at radius 1 is 1.13 bits per heavy atom. The molecule has 126 valence electrons. The Hall–Kier alpha value is -0.870. The quantitative estimate of drug-likeness (QED) is 0.860. The van der Waals surface area contributed by atoms with Gasteiger partial charge in [-0.25, -0.2) is 0 Å². The number of halogens is 1. The third-order valence-electron chi connectivity index (χ3n) is 5.25. The van der Waals surface area contributed by atoms with E-state index in [2.05, 4.69) is 45.5 Å². The van der Waals surface area contributed by atoms with Crippen LogP contribution in [0, 0.1) is 5.92 Å². The molecule has 1 aromatic rings. The maximum Gasteiger partial charge on any atom is 0.225 e. The van der Waals surface area contributed by atoms with E-state index >= 15 is 0 Å². The van der Waals surface area contributed by atoms with Crippen molar-refractivity contribution in [1.29, 1.82) is 0 Å². The Kier molecular flexibility index (Phi) is 5.42. The van der Waals surface area contributed by atoms with Crippen molar-refractivity contribution in [3.8, 4) is 0 Å². The molecule has 0 radical (unpaired) electrons. The number of nitrogens with one attached hydrogen (secondary N) is 1. The molecule has 1 amide bonds. The average molecular weight is 379 g/mol. The Morgan fingerprint density at radius 2 is 1.74 bits per heavy atom. The highest BCUT2D eigenvalue weighted by atomic mass is 79.9. The van der Waals surface area contributed by atoms with Crippen molar-refractivity contribution in [2.24, 2.45) is 5.92 Å². The Bertz CT molecular complexity index is 529. The number of piperidine rings is 1. The van der Waals surface area contributed by atoms with E-state index in [-0.39, 0.29) is 5.92 Å². The molecular formula is C19H27BrN2O. The van der Waals surface area contributed by atoms with E-state index in [4.69, 9.17) is 0 Å². The van der Waals surface area contributed by atoms with E-state index < -0.39 is 0 Å². The van der Waals surface area contributed by atoms with Gasteiger partial charge in [-0.1, -0.05) is 41.9 Å². The Balaban J connectivity index is 1.40. The van der Waals surface area contributed by atoms with Crippen LogP contribution in [0.1, 0.15) is 51.0 Å². The minimum atomic E-state index is 0.123. The van der Waals surface area contributed by atoms with Crippen LogP contribution in [-0.2, 0) is 4.79 Å². The lowest BCUT2D eigenvalue weighted by molar-refractivity contribution is -0.135. The lowest BCUT2D eigenvalue weighted by Crippen LogP contribution is -2.51. The molecule has 0 aromatic heterocycles. The summed E-state index contributed by atoms with van der Waals surface area (Å²) in [6, 6.07) is 9.99. The number of amides is 1. The van der Waals surface area contributed by atoms with Crippen molar-refractivity contribution >= 4 is 21.8 Å². The summed E-state index contributed by atoms with van der Waals surface area (Å²) in [6.45, 7) is 5.81. The van der Waals surface area contributed by atoms with Gasteiger partial charge >= 0.3 is 0 Å². The van der Waals surface area contributed by atoms with Crippen LogP contribution in [0.5, 0.6) is 0 Å². The van der Waals surface area contributed by atoms with Crippen LogP contribution in [0.4, 0.5) is 0 Å². The van der Waals surface area contributed by atoms with Gasteiger partial charge in [0.2, 0.25) is 5.91 Å². The molecule has 1 saturated heterocycles. The van der Waals surface area contributed by atoms with Crippen LogP contribution < -0.4 is 5.32 Å². The van der Waals surface area contributed by atoms with Gasteiger partial charge < -0.3 is 10.2 Å². The summed E-state index contributed by atoms with van der Waals surface area (Å²) in [5.74, 6) is 1.14. The molecule has 2 aliphatic rings. The summed E-state index contributed by atoms with van der Waals surface area (Å²) in [5.41, 5.74) is 1.46. The molecule has 1 heterocycles. The zero-order chi connectivity index (χ0) is 16.4. The third kappa shape index (κ3) is 4.16. The standard InChI is InChI=1S/C19H27BrN2O/c1-13(2)19(23)22-9-7-17(8-10-22)21-18-11-15(12-18)14-3-5-16(20)6-4-14/h3-6,13,15,17-18,21H,7-12H2,1-2H3. The first-order valence-electron chi connectivity index (χ1n) is 8.83. The predicted octanol–water partition coefficient (Wildman–Crippen LogP) is 3.93. The number of likely N-dealkylation sites (tertiary alicyclic amines) is 1. The van der Waals surface area contributed by atoms with Crippen LogP contribution in [0.2, 0.25) is 0 Å². The van der Waals surface area contributed by atoms with Crippen molar-refractivity contribution in [3.63, 3.8) is 0 Å². The van der Waals surface area contributed by atoms with Crippen molar-refractivity contribution in [2.75, 3.05) is 13.1 Å². The molecule has 1 aliphatic carbocycles. The molecule has 4 heteroatoms. The van der Waals surface area contributed by atoms with Crippen LogP contribution in [-0.4, -0.2) is 36.0 Å². The second-order valence-corrected chi connectivity index (χ2v) is 8.25. The zero-order valence-electron chi connectivity index (χ0n) is 14.1. The fraction of sp³-hybridized carbons (Fsp3) is 0.632. The molecule has 2 fully saturated rings. The zero-order valence-corrected chi connectivity index (χ0v) is 15.7. The summed E-state index contributed by atoms with van der Waals surface area (Å²) < 4.78 is 1.15. The van der Waals surface area contributed by atoms with Crippen molar-refractivity contribution in [1.82, 2.24) is 10.2 Å². The average Bonchev–Trinajstić information content (AvgIpc) is 2.51. The lowest BCUT2D eigenvalue weighted by Gasteiger charge is -2.41. The monoisotopic (exact) mass is 378 g/mol. The highest BCUT2D eigenvalue weighted by Gasteiger charge is 2.33. The molecule has 23 heavy (non-hydrogen) atoms. The number of hydrogen-bond acceptors (Lipinski definition) is 2. The fourth-order valence-corrected chi connectivity index (χ4v) is 3.99.